The zero-order valence-corrected chi connectivity index (χ0v) is 8.17. The fourth-order valence-corrected chi connectivity index (χ4v) is 1.44. The van der Waals surface area contributed by atoms with Gasteiger partial charge in [-0.15, -0.1) is 0 Å². The second kappa shape index (κ2) is 3.22. The molecule has 72 valence electrons. The molecule has 0 fully saturated rings. The average molecular weight is 188 g/mol. The lowest BCUT2D eigenvalue weighted by molar-refractivity contribution is 0.344. The van der Waals surface area contributed by atoms with E-state index in [-0.39, 0.29) is 0 Å². The molecule has 14 heavy (non-hydrogen) atoms. The van der Waals surface area contributed by atoms with E-state index in [2.05, 4.69) is 13.2 Å². The first-order chi connectivity index (χ1) is 6.72. The summed E-state index contributed by atoms with van der Waals surface area (Å²) in [7, 11) is 1.64. The summed E-state index contributed by atoms with van der Waals surface area (Å²) in [6, 6.07) is 5.71. The Bertz CT molecular complexity index is 405. The molecular weight excluding hydrogens is 176 g/mol. The van der Waals surface area contributed by atoms with E-state index in [9.17, 15) is 0 Å². The molecule has 0 saturated heterocycles. The van der Waals surface area contributed by atoms with E-state index >= 15 is 0 Å². The van der Waals surface area contributed by atoms with Gasteiger partial charge in [0.15, 0.2) is 0 Å². The molecule has 0 amide bonds. The molecule has 1 heterocycles. The van der Waals surface area contributed by atoms with Crippen molar-refractivity contribution >= 4 is 5.57 Å². The molecule has 2 heteroatoms. The highest BCUT2D eigenvalue weighted by Crippen LogP contribution is 2.36. The van der Waals surface area contributed by atoms with E-state index in [0.717, 1.165) is 28.2 Å². The Kier molecular flexibility index (Phi) is 2.04. The topological polar surface area (TPSA) is 18.5 Å². The minimum atomic E-state index is 0.513. The van der Waals surface area contributed by atoms with E-state index in [0.29, 0.717) is 6.61 Å². The molecule has 0 bridgehead atoms. The lowest BCUT2D eigenvalue weighted by Gasteiger charge is -2.21. The predicted molar refractivity (Wildman–Crippen MR) is 56.7 cm³/mol. The van der Waals surface area contributed by atoms with Crippen LogP contribution < -0.4 is 9.47 Å². The number of rotatable bonds is 1. The molecule has 0 N–H and O–H groups in total. The molecule has 0 aliphatic carbocycles. The van der Waals surface area contributed by atoms with Crippen molar-refractivity contribution in [1.82, 2.24) is 0 Å². The van der Waals surface area contributed by atoms with Crippen molar-refractivity contribution in [3.63, 3.8) is 0 Å². The molecule has 1 aliphatic rings. The first-order valence-electron chi connectivity index (χ1n) is 4.40. The summed E-state index contributed by atoms with van der Waals surface area (Å²) in [6.45, 7) is 8.37. The summed E-state index contributed by atoms with van der Waals surface area (Å²) in [5.41, 5.74) is 2.89. The van der Waals surface area contributed by atoms with E-state index in [4.69, 9.17) is 9.47 Å². The molecule has 0 atom stereocenters. The fourth-order valence-electron chi connectivity index (χ4n) is 1.44. The quantitative estimate of drug-likeness (QED) is 0.674. The van der Waals surface area contributed by atoms with Crippen LogP contribution in [0.15, 0.2) is 36.9 Å². The van der Waals surface area contributed by atoms with Crippen molar-refractivity contribution < 1.29 is 9.47 Å². The summed E-state index contributed by atoms with van der Waals surface area (Å²) in [6.07, 6.45) is 0. The zero-order chi connectivity index (χ0) is 10.1. The normalized spacial score (nSPS) is 14.6. The van der Waals surface area contributed by atoms with Crippen LogP contribution in [-0.2, 0) is 0 Å². The van der Waals surface area contributed by atoms with Crippen LogP contribution in [0.2, 0.25) is 0 Å². The summed E-state index contributed by atoms with van der Waals surface area (Å²) < 4.78 is 10.6. The van der Waals surface area contributed by atoms with Crippen LogP contribution in [0.5, 0.6) is 11.5 Å². The second-order valence-corrected chi connectivity index (χ2v) is 3.23. The highest BCUT2D eigenvalue weighted by atomic mass is 16.5. The standard InChI is InChI=1S/C12H12O2/c1-8-7-14-12-6-10(13-3)4-5-11(12)9(8)2/h4-6H,1-2,7H2,3H3. The van der Waals surface area contributed by atoms with Crippen molar-refractivity contribution in [1.29, 1.82) is 0 Å². The van der Waals surface area contributed by atoms with E-state index in [1.165, 1.54) is 0 Å². The van der Waals surface area contributed by atoms with Crippen LogP contribution in [0.3, 0.4) is 0 Å². The highest BCUT2D eigenvalue weighted by molar-refractivity contribution is 5.82. The van der Waals surface area contributed by atoms with E-state index in [1.807, 2.05) is 18.2 Å². The molecule has 2 rings (SSSR count). The minimum Gasteiger partial charge on any atom is -0.497 e. The van der Waals surface area contributed by atoms with Gasteiger partial charge in [0.1, 0.15) is 18.1 Å². The maximum Gasteiger partial charge on any atom is 0.131 e. The Labute approximate surface area is 83.5 Å². The number of hydrogen-bond donors (Lipinski definition) is 0. The van der Waals surface area contributed by atoms with Crippen molar-refractivity contribution in [2.45, 2.75) is 0 Å². The Morgan fingerprint density at radius 3 is 2.86 bits per heavy atom. The van der Waals surface area contributed by atoms with Gasteiger partial charge in [-0.1, -0.05) is 13.2 Å². The monoisotopic (exact) mass is 188 g/mol. The van der Waals surface area contributed by atoms with Gasteiger partial charge >= 0.3 is 0 Å². The van der Waals surface area contributed by atoms with Crippen LogP contribution in [-0.4, -0.2) is 13.7 Å². The van der Waals surface area contributed by atoms with Crippen molar-refractivity contribution in [3.8, 4) is 11.5 Å². The molecule has 1 aromatic rings. The van der Waals surface area contributed by atoms with Crippen LogP contribution in [0.4, 0.5) is 0 Å². The molecule has 1 aliphatic heterocycles. The first-order valence-corrected chi connectivity index (χ1v) is 4.40. The third kappa shape index (κ3) is 1.29. The van der Waals surface area contributed by atoms with Crippen molar-refractivity contribution in [2.24, 2.45) is 0 Å². The predicted octanol–water partition coefficient (Wildman–Crippen LogP) is 2.66. The summed E-state index contributed by atoms with van der Waals surface area (Å²) >= 11 is 0. The van der Waals surface area contributed by atoms with Crippen LogP contribution in [0.1, 0.15) is 5.56 Å². The zero-order valence-electron chi connectivity index (χ0n) is 8.17. The number of methoxy groups -OCH3 is 1. The average Bonchev–Trinajstić information content (AvgIpc) is 2.23. The minimum absolute atomic E-state index is 0.513. The highest BCUT2D eigenvalue weighted by Gasteiger charge is 2.16. The van der Waals surface area contributed by atoms with Gasteiger partial charge in [-0.2, -0.15) is 0 Å². The van der Waals surface area contributed by atoms with Gasteiger partial charge in [0.05, 0.1) is 7.11 Å². The summed E-state index contributed by atoms with van der Waals surface area (Å²) in [4.78, 5) is 0. The Balaban J connectivity index is 2.49. The lowest BCUT2D eigenvalue weighted by Crippen LogP contribution is -2.09. The van der Waals surface area contributed by atoms with Gasteiger partial charge in [0.25, 0.3) is 0 Å². The molecule has 1 aromatic carbocycles. The fraction of sp³-hybridized carbons (Fsp3) is 0.167. The van der Waals surface area contributed by atoms with Gasteiger partial charge in [-0.25, -0.2) is 0 Å². The van der Waals surface area contributed by atoms with E-state index in [1.54, 1.807) is 7.11 Å². The summed E-state index contributed by atoms with van der Waals surface area (Å²) in [5.74, 6) is 1.62. The number of benzene rings is 1. The van der Waals surface area contributed by atoms with Crippen LogP contribution in [0, 0.1) is 0 Å². The van der Waals surface area contributed by atoms with E-state index < -0.39 is 0 Å². The maximum absolute atomic E-state index is 5.51. The number of fused-ring (bicyclic) bond motifs is 1. The van der Waals surface area contributed by atoms with Crippen molar-refractivity contribution in [2.75, 3.05) is 13.7 Å². The number of hydrogen-bond acceptors (Lipinski definition) is 2. The van der Waals surface area contributed by atoms with Gasteiger partial charge in [0, 0.05) is 11.6 Å². The third-order valence-electron chi connectivity index (χ3n) is 2.34. The SMILES string of the molecule is C=C1COc2cc(OC)ccc2C1=C. The largest absolute Gasteiger partial charge is 0.497 e. The maximum atomic E-state index is 5.51. The first kappa shape index (κ1) is 8.88. The lowest BCUT2D eigenvalue weighted by atomic mass is 9.98. The second-order valence-electron chi connectivity index (χ2n) is 3.23. The molecule has 0 aromatic heterocycles. The molecular formula is C12H12O2. The molecule has 0 spiro atoms. The van der Waals surface area contributed by atoms with Crippen LogP contribution >= 0.6 is 0 Å². The molecule has 2 nitrogen and oxygen atoms in total. The molecule has 0 radical (unpaired) electrons. The van der Waals surface area contributed by atoms with Gasteiger partial charge in [-0.3, -0.25) is 0 Å². The number of ether oxygens (including phenoxy) is 2. The molecule has 0 saturated carbocycles. The van der Waals surface area contributed by atoms with Gasteiger partial charge in [0.2, 0.25) is 0 Å². The van der Waals surface area contributed by atoms with Crippen LogP contribution in [0.25, 0.3) is 5.57 Å². The Hall–Kier alpha value is -1.70. The Morgan fingerprint density at radius 2 is 2.14 bits per heavy atom. The third-order valence-corrected chi connectivity index (χ3v) is 2.34. The van der Waals surface area contributed by atoms with Gasteiger partial charge in [-0.05, 0) is 23.3 Å². The van der Waals surface area contributed by atoms with Gasteiger partial charge < -0.3 is 9.47 Å². The smallest absolute Gasteiger partial charge is 0.131 e. The molecule has 0 unspecified atom stereocenters. The summed E-state index contributed by atoms with van der Waals surface area (Å²) in [5, 5.41) is 0. The van der Waals surface area contributed by atoms with Crippen molar-refractivity contribution in [3.05, 3.63) is 42.5 Å². The Morgan fingerprint density at radius 1 is 1.36 bits per heavy atom.